The van der Waals surface area contributed by atoms with Crippen LogP contribution in [0.25, 0.3) is 0 Å². The highest BCUT2D eigenvalue weighted by Gasteiger charge is 2.28. The van der Waals surface area contributed by atoms with E-state index in [-0.39, 0.29) is 9.50 Å². The molecule has 0 fully saturated rings. The molecule has 16 heavy (non-hydrogen) atoms. The number of benzene rings is 1. The van der Waals surface area contributed by atoms with Crippen molar-refractivity contribution in [3.8, 4) is 5.75 Å². The number of hydrogen-bond acceptors (Lipinski definition) is 4. The Labute approximate surface area is 101 Å². The van der Waals surface area contributed by atoms with E-state index in [1.807, 2.05) is 0 Å². The molecule has 86 valence electrons. The number of ether oxygens (including phenoxy) is 1. The Bertz CT molecular complexity index is 482. The summed E-state index contributed by atoms with van der Waals surface area (Å²) in [6, 6.07) is 1.02. The topological polar surface area (TPSA) is 95.5 Å². The van der Waals surface area contributed by atoms with Gasteiger partial charge in [-0.3, -0.25) is 10.1 Å². The lowest BCUT2D eigenvalue weighted by molar-refractivity contribution is -0.388. The van der Waals surface area contributed by atoms with E-state index in [2.05, 4.69) is 26.4 Å². The molecule has 0 atom stereocenters. The molecule has 1 rings (SSSR count). The maximum atomic E-state index is 13.4. The van der Waals surface area contributed by atoms with Gasteiger partial charge in [-0.2, -0.15) is 4.39 Å². The van der Waals surface area contributed by atoms with Crippen LogP contribution in [0.15, 0.2) is 10.5 Å². The fourth-order valence-corrected chi connectivity index (χ4v) is 1.71. The molecule has 1 amide bonds. The number of carbonyl (C=O) groups is 1. The van der Waals surface area contributed by atoms with Gasteiger partial charge in [-0.25, -0.2) is 4.79 Å². The Morgan fingerprint density at radius 2 is 2.25 bits per heavy atom. The molecule has 0 saturated heterocycles. The minimum absolute atomic E-state index is 0.221. The molecule has 6 nitrogen and oxygen atoms in total. The van der Waals surface area contributed by atoms with E-state index in [4.69, 9.17) is 11.6 Å². The zero-order valence-electron chi connectivity index (χ0n) is 7.37. The minimum atomic E-state index is -1.33. The van der Waals surface area contributed by atoms with Crippen molar-refractivity contribution in [3.63, 3.8) is 0 Å². The molecule has 1 aromatic carbocycles. The third-order valence-corrected chi connectivity index (χ3v) is 2.35. The number of primary amides is 1. The van der Waals surface area contributed by atoms with Gasteiger partial charge in [-0.1, -0.05) is 11.6 Å². The van der Waals surface area contributed by atoms with E-state index < -0.39 is 28.3 Å². The summed E-state index contributed by atoms with van der Waals surface area (Å²) in [7, 11) is 0. The van der Waals surface area contributed by atoms with Gasteiger partial charge in [0.25, 0.3) is 0 Å². The molecule has 0 aliphatic rings. The average Bonchev–Trinajstić information content (AvgIpc) is 2.13. The van der Waals surface area contributed by atoms with Gasteiger partial charge in [-0.05, 0) is 22.0 Å². The van der Waals surface area contributed by atoms with E-state index in [1.54, 1.807) is 0 Å². The Morgan fingerprint density at radius 3 is 2.69 bits per heavy atom. The minimum Gasteiger partial charge on any atom is -0.401 e. The highest BCUT2D eigenvalue weighted by Crippen LogP contribution is 2.40. The van der Waals surface area contributed by atoms with Crippen LogP contribution in [0.3, 0.4) is 0 Å². The second-order valence-corrected chi connectivity index (χ2v) is 3.77. The lowest BCUT2D eigenvalue weighted by Gasteiger charge is -2.06. The molecule has 0 aliphatic carbocycles. The first-order chi connectivity index (χ1) is 7.34. The number of hydrogen-bond donors (Lipinski definition) is 1. The van der Waals surface area contributed by atoms with Crippen molar-refractivity contribution in [2.75, 3.05) is 0 Å². The normalized spacial score (nSPS) is 9.94. The molecule has 9 heteroatoms. The highest BCUT2D eigenvalue weighted by atomic mass is 79.9. The smallest absolute Gasteiger partial charge is 0.401 e. The Balaban J connectivity index is 3.50. The molecule has 0 radical (unpaired) electrons. The first-order valence-electron chi connectivity index (χ1n) is 3.63. The van der Waals surface area contributed by atoms with Crippen LogP contribution in [0.2, 0.25) is 5.02 Å². The first kappa shape index (κ1) is 12.7. The third-order valence-electron chi connectivity index (χ3n) is 1.49. The summed E-state index contributed by atoms with van der Waals surface area (Å²) >= 11 is 8.29. The number of nitro benzene ring substituents is 1. The summed E-state index contributed by atoms with van der Waals surface area (Å²) in [5.74, 6) is -1.93. The summed E-state index contributed by atoms with van der Waals surface area (Å²) < 4.78 is 17.4. The van der Waals surface area contributed by atoms with E-state index in [9.17, 15) is 19.3 Å². The van der Waals surface area contributed by atoms with Crippen molar-refractivity contribution in [2.24, 2.45) is 5.73 Å². The van der Waals surface area contributed by atoms with E-state index in [1.165, 1.54) is 0 Å². The first-order valence-corrected chi connectivity index (χ1v) is 4.81. The fourth-order valence-electron chi connectivity index (χ4n) is 0.927. The van der Waals surface area contributed by atoms with Crippen molar-refractivity contribution < 1.29 is 18.8 Å². The van der Waals surface area contributed by atoms with E-state index in [0.717, 1.165) is 6.07 Å². The maximum absolute atomic E-state index is 13.4. The molecule has 0 aliphatic heterocycles. The predicted molar refractivity (Wildman–Crippen MR) is 56.0 cm³/mol. The van der Waals surface area contributed by atoms with Crippen LogP contribution >= 0.6 is 27.5 Å². The molecule has 0 unspecified atom stereocenters. The van der Waals surface area contributed by atoms with Crippen LogP contribution in [-0.2, 0) is 0 Å². The number of nitrogens with two attached hydrogens (primary N) is 1. The molecular formula is C7H3BrClFN2O4. The van der Waals surface area contributed by atoms with Crippen LogP contribution in [-0.4, -0.2) is 11.0 Å². The zero-order chi connectivity index (χ0) is 12.5. The van der Waals surface area contributed by atoms with Crippen molar-refractivity contribution in [2.45, 2.75) is 0 Å². The molecule has 0 saturated carbocycles. The van der Waals surface area contributed by atoms with E-state index in [0.29, 0.717) is 0 Å². The van der Waals surface area contributed by atoms with Gasteiger partial charge in [0.2, 0.25) is 11.6 Å². The van der Waals surface area contributed by atoms with Crippen molar-refractivity contribution in [1.82, 2.24) is 0 Å². The van der Waals surface area contributed by atoms with Crippen LogP contribution < -0.4 is 10.5 Å². The van der Waals surface area contributed by atoms with E-state index >= 15 is 0 Å². The van der Waals surface area contributed by atoms with Crippen LogP contribution in [0.1, 0.15) is 0 Å². The summed E-state index contributed by atoms with van der Waals surface area (Å²) in [6.07, 6.45) is -1.33. The summed E-state index contributed by atoms with van der Waals surface area (Å²) in [6.45, 7) is 0. The van der Waals surface area contributed by atoms with Crippen LogP contribution in [0, 0.1) is 15.9 Å². The number of amides is 1. The van der Waals surface area contributed by atoms with Gasteiger partial charge in [0.1, 0.15) is 0 Å². The Hall–Kier alpha value is -1.41. The molecular weight excluding hydrogens is 310 g/mol. The van der Waals surface area contributed by atoms with Gasteiger partial charge < -0.3 is 10.5 Å². The number of carbonyl (C=O) groups excluding carboxylic acids is 1. The van der Waals surface area contributed by atoms with Crippen molar-refractivity contribution in [3.05, 3.63) is 31.5 Å². The monoisotopic (exact) mass is 312 g/mol. The van der Waals surface area contributed by atoms with Crippen LogP contribution in [0.5, 0.6) is 5.75 Å². The number of nitrogens with zero attached hydrogens (tertiary/aromatic N) is 1. The SMILES string of the molecule is NC(=O)Oc1c(Cl)cc(Br)c(F)c1[N+](=O)[O-]. The third kappa shape index (κ3) is 2.39. The van der Waals surface area contributed by atoms with Crippen LogP contribution in [0.4, 0.5) is 14.9 Å². The van der Waals surface area contributed by atoms with Gasteiger partial charge in [0.05, 0.1) is 14.4 Å². The second-order valence-electron chi connectivity index (χ2n) is 2.51. The fraction of sp³-hybridized carbons (Fsp3) is 0. The summed E-state index contributed by atoms with van der Waals surface area (Å²) in [4.78, 5) is 20.0. The van der Waals surface area contributed by atoms with Gasteiger partial charge in [0.15, 0.2) is 0 Å². The number of halogens is 3. The zero-order valence-corrected chi connectivity index (χ0v) is 9.71. The summed E-state index contributed by atoms with van der Waals surface area (Å²) in [5, 5.41) is 10.3. The molecule has 0 spiro atoms. The molecule has 2 N–H and O–H groups in total. The average molecular weight is 313 g/mol. The van der Waals surface area contributed by atoms with Gasteiger partial charge in [-0.15, -0.1) is 0 Å². The molecule has 0 bridgehead atoms. The largest absolute Gasteiger partial charge is 0.410 e. The van der Waals surface area contributed by atoms with Crippen molar-refractivity contribution in [1.29, 1.82) is 0 Å². The molecule has 0 heterocycles. The molecule has 0 aromatic heterocycles. The Morgan fingerprint density at radius 1 is 1.69 bits per heavy atom. The number of rotatable bonds is 2. The Kier molecular flexibility index (Phi) is 3.66. The van der Waals surface area contributed by atoms with Crippen molar-refractivity contribution >= 4 is 39.3 Å². The molecule has 1 aromatic rings. The quantitative estimate of drug-likeness (QED) is 0.515. The maximum Gasteiger partial charge on any atom is 0.410 e. The predicted octanol–water partition coefficient (Wildman–Crippen LogP) is 2.61. The highest BCUT2D eigenvalue weighted by molar-refractivity contribution is 9.10. The summed E-state index contributed by atoms with van der Waals surface area (Å²) in [5.41, 5.74) is 3.62. The lowest BCUT2D eigenvalue weighted by atomic mass is 10.3. The lowest BCUT2D eigenvalue weighted by Crippen LogP contribution is -2.17. The van der Waals surface area contributed by atoms with Gasteiger partial charge in [0, 0.05) is 0 Å². The number of nitro groups is 1. The van der Waals surface area contributed by atoms with Gasteiger partial charge >= 0.3 is 11.8 Å². The standard InChI is InChI=1S/C7H3BrClFN2O4/c8-2-1-3(9)6(16-7(11)13)5(4(2)10)12(14)15/h1H,(H2,11,13). The second kappa shape index (κ2) is 4.62.